The molecular formula is C24H19F3N2O2. The van der Waals surface area contributed by atoms with Crippen molar-refractivity contribution in [3.8, 4) is 28.6 Å². The van der Waals surface area contributed by atoms with Crippen LogP contribution < -0.4 is 9.47 Å². The molecule has 0 N–H and O–H groups in total. The molecule has 0 saturated heterocycles. The molecule has 0 fully saturated rings. The van der Waals surface area contributed by atoms with Gasteiger partial charge in [-0.1, -0.05) is 30.3 Å². The molecule has 0 radical (unpaired) electrons. The topological polar surface area (TPSA) is 36.3 Å². The molecule has 158 valence electrons. The molecule has 0 unspecified atom stereocenters. The minimum atomic E-state index is -4.55. The van der Waals surface area contributed by atoms with Crippen LogP contribution in [-0.2, 0) is 12.8 Å². The van der Waals surface area contributed by atoms with Crippen LogP contribution in [0.3, 0.4) is 0 Å². The Morgan fingerprint density at radius 2 is 1.48 bits per heavy atom. The van der Waals surface area contributed by atoms with Crippen LogP contribution in [-0.4, -0.2) is 16.7 Å². The van der Waals surface area contributed by atoms with Gasteiger partial charge in [0.15, 0.2) is 5.69 Å². The van der Waals surface area contributed by atoms with Gasteiger partial charge in [0, 0.05) is 17.4 Å². The largest absolute Gasteiger partial charge is 0.497 e. The molecule has 3 aromatic carbocycles. The summed E-state index contributed by atoms with van der Waals surface area (Å²) in [6.45, 7) is 0.403. The summed E-state index contributed by atoms with van der Waals surface area (Å²) in [6, 6.07) is 23.3. The van der Waals surface area contributed by atoms with Gasteiger partial charge in [-0.25, -0.2) is 4.98 Å². The van der Waals surface area contributed by atoms with Crippen molar-refractivity contribution in [2.24, 2.45) is 0 Å². The Morgan fingerprint density at radius 1 is 0.839 bits per heavy atom. The van der Waals surface area contributed by atoms with E-state index in [0.717, 1.165) is 11.8 Å². The number of imidazole rings is 1. The maximum Gasteiger partial charge on any atom is 0.434 e. The fraction of sp³-hybridized carbons (Fsp3) is 0.125. The standard InChI is InChI=1S/C24H19F3N2O2/c1-30-20-11-7-18(8-12-20)23-28-22(24(25,26)27)15-29(23)19-9-13-21(14-10-19)31-16-17-5-3-2-4-6-17/h2-15H,16H2,1H3. The highest BCUT2D eigenvalue weighted by Crippen LogP contribution is 2.33. The van der Waals surface area contributed by atoms with E-state index in [1.54, 1.807) is 48.5 Å². The number of hydrogen-bond donors (Lipinski definition) is 0. The number of ether oxygens (including phenoxy) is 2. The average molecular weight is 424 g/mol. The van der Waals surface area contributed by atoms with Gasteiger partial charge in [0.2, 0.25) is 0 Å². The normalized spacial score (nSPS) is 11.4. The molecule has 0 amide bonds. The first kappa shape index (κ1) is 20.5. The summed E-state index contributed by atoms with van der Waals surface area (Å²) in [5, 5.41) is 0. The molecule has 0 aliphatic heterocycles. The van der Waals surface area contributed by atoms with Gasteiger partial charge in [0.1, 0.15) is 23.9 Å². The second-order valence-electron chi connectivity index (χ2n) is 6.81. The summed E-state index contributed by atoms with van der Waals surface area (Å²) in [5.41, 5.74) is 1.15. The van der Waals surface area contributed by atoms with E-state index in [1.165, 1.54) is 11.7 Å². The van der Waals surface area contributed by atoms with Gasteiger partial charge in [-0.2, -0.15) is 13.2 Å². The third-order valence-corrected chi connectivity index (χ3v) is 4.71. The fourth-order valence-corrected chi connectivity index (χ4v) is 3.10. The number of rotatable bonds is 6. The number of methoxy groups -OCH3 is 1. The number of nitrogens with zero attached hydrogens (tertiary/aromatic N) is 2. The van der Waals surface area contributed by atoms with E-state index in [9.17, 15) is 13.2 Å². The first-order valence-corrected chi connectivity index (χ1v) is 9.52. The Bertz CT molecular complexity index is 1140. The lowest BCUT2D eigenvalue weighted by Crippen LogP contribution is -2.05. The van der Waals surface area contributed by atoms with Crippen LogP contribution in [0.25, 0.3) is 17.1 Å². The van der Waals surface area contributed by atoms with Crippen LogP contribution in [0.4, 0.5) is 13.2 Å². The molecule has 7 heteroatoms. The molecule has 0 saturated carbocycles. The van der Waals surface area contributed by atoms with Crippen molar-refractivity contribution < 1.29 is 22.6 Å². The first-order chi connectivity index (χ1) is 14.9. The van der Waals surface area contributed by atoms with Crippen molar-refractivity contribution in [3.05, 3.63) is 96.3 Å². The fourth-order valence-electron chi connectivity index (χ4n) is 3.10. The van der Waals surface area contributed by atoms with Crippen LogP contribution in [0, 0.1) is 0 Å². The highest BCUT2D eigenvalue weighted by molar-refractivity contribution is 5.61. The third-order valence-electron chi connectivity index (χ3n) is 4.71. The molecule has 31 heavy (non-hydrogen) atoms. The predicted octanol–water partition coefficient (Wildman–Crippen LogP) is 6.15. The summed E-state index contributed by atoms with van der Waals surface area (Å²) in [6.07, 6.45) is -3.55. The average Bonchev–Trinajstić information content (AvgIpc) is 3.25. The lowest BCUT2D eigenvalue weighted by atomic mass is 10.2. The monoisotopic (exact) mass is 424 g/mol. The van der Waals surface area contributed by atoms with Gasteiger partial charge in [0.05, 0.1) is 7.11 Å². The van der Waals surface area contributed by atoms with Crippen LogP contribution in [0.15, 0.2) is 85.1 Å². The zero-order valence-electron chi connectivity index (χ0n) is 16.6. The quantitative estimate of drug-likeness (QED) is 0.373. The van der Waals surface area contributed by atoms with Gasteiger partial charge < -0.3 is 9.47 Å². The van der Waals surface area contributed by atoms with Crippen molar-refractivity contribution >= 4 is 0 Å². The van der Waals surface area contributed by atoms with E-state index in [1.807, 2.05) is 30.3 Å². The Morgan fingerprint density at radius 3 is 2.10 bits per heavy atom. The Hall–Kier alpha value is -3.74. The van der Waals surface area contributed by atoms with Crippen LogP contribution in [0.5, 0.6) is 11.5 Å². The minimum absolute atomic E-state index is 0.188. The van der Waals surface area contributed by atoms with Crippen LogP contribution >= 0.6 is 0 Å². The SMILES string of the molecule is COc1ccc(-c2nc(C(F)(F)F)cn2-c2ccc(OCc3ccccc3)cc2)cc1. The zero-order chi connectivity index (χ0) is 21.8. The van der Waals surface area contributed by atoms with Gasteiger partial charge in [-0.05, 0) is 54.1 Å². The molecule has 1 aromatic heterocycles. The first-order valence-electron chi connectivity index (χ1n) is 9.52. The molecule has 0 aliphatic rings. The lowest BCUT2D eigenvalue weighted by Gasteiger charge is -2.10. The second kappa shape index (κ2) is 8.55. The van der Waals surface area contributed by atoms with E-state index in [2.05, 4.69) is 4.98 Å². The zero-order valence-corrected chi connectivity index (χ0v) is 16.6. The highest BCUT2D eigenvalue weighted by Gasteiger charge is 2.35. The lowest BCUT2D eigenvalue weighted by molar-refractivity contribution is -0.140. The smallest absolute Gasteiger partial charge is 0.434 e. The van der Waals surface area contributed by atoms with Crippen molar-refractivity contribution in [2.75, 3.05) is 7.11 Å². The van der Waals surface area contributed by atoms with E-state index < -0.39 is 11.9 Å². The van der Waals surface area contributed by atoms with Crippen molar-refractivity contribution in [3.63, 3.8) is 0 Å². The van der Waals surface area contributed by atoms with E-state index in [-0.39, 0.29) is 5.82 Å². The van der Waals surface area contributed by atoms with Crippen LogP contribution in [0.1, 0.15) is 11.3 Å². The summed E-state index contributed by atoms with van der Waals surface area (Å²) >= 11 is 0. The predicted molar refractivity (Wildman–Crippen MR) is 111 cm³/mol. The molecule has 4 rings (SSSR count). The number of benzene rings is 3. The maximum atomic E-state index is 13.3. The number of halogens is 3. The molecule has 1 heterocycles. The van der Waals surface area contributed by atoms with Crippen LogP contribution in [0.2, 0.25) is 0 Å². The maximum absolute atomic E-state index is 13.3. The van der Waals surface area contributed by atoms with Gasteiger partial charge in [-0.3, -0.25) is 4.57 Å². The van der Waals surface area contributed by atoms with Crippen molar-refractivity contribution in [1.82, 2.24) is 9.55 Å². The Balaban J connectivity index is 1.63. The summed E-state index contributed by atoms with van der Waals surface area (Å²) in [7, 11) is 1.53. The molecule has 0 spiro atoms. The van der Waals surface area contributed by atoms with Crippen molar-refractivity contribution in [2.45, 2.75) is 12.8 Å². The highest BCUT2D eigenvalue weighted by atomic mass is 19.4. The Labute approximate surface area is 177 Å². The molecule has 4 nitrogen and oxygen atoms in total. The minimum Gasteiger partial charge on any atom is -0.497 e. The summed E-state index contributed by atoms with van der Waals surface area (Å²) in [5.74, 6) is 1.42. The molecular weight excluding hydrogens is 405 g/mol. The van der Waals surface area contributed by atoms with Gasteiger partial charge >= 0.3 is 6.18 Å². The summed E-state index contributed by atoms with van der Waals surface area (Å²) < 4.78 is 52.3. The Kier molecular flexibility index (Phi) is 5.66. The molecule has 4 aromatic rings. The molecule has 0 atom stereocenters. The molecule has 0 bridgehead atoms. The summed E-state index contributed by atoms with van der Waals surface area (Å²) in [4.78, 5) is 3.85. The van der Waals surface area contributed by atoms with E-state index in [4.69, 9.17) is 9.47 Å². The molecule has 0 aliphatic carbocycles. The van der Waals surface area contributed by atoms with E-state index in [0.29, 0.717) is 29.4 Å². The number of alkyl halides is 3. The second-order valence-corrected chi connectivity index (χ2v) is 6.81. The third kappa shape index (κ3) is 4.71. The van der Waals surface area contributed by atoms with Gasteiger partial charge in [-0.15, -0.1) is 0 Å². The van der Waals surface area contributed by atoms with Crippen molar-refractivity contribution in [1.29, 1.82) is 0 Å². The number of hydrogen-bond acceptors (Lipinski definition) is 3. The van der Waals surface area contributed by atoms with Gasteiger partial charge in [0.25, 0.3) is 0 Å². The van der Waals surface area contributed by atoms with E-state index >= 15 is 0 Å². The number of aromatic nitrogens is 2.